The van der Waals surface area contributed by atoms with Gasteiger partial charge in [-0.25, -0.2) is 8.42 Å². The molecule has 1 heterocycles. The zero-order valence-corrected chi connectivity index (χ0v) is 12.0. The van der Waals surface area contributed by atoms with Gasteiger partial charge >= 0.3 is 6.18 Å². The van der Waals surface area contributed by atoms with Gasteiger partial charge in [0.2, 0.25) is 0 Å². The molecule has 0 saturated heterocycles. The molecule has 2 rings (SSSR count). The number of hydrogen-bond donors (Lipinski definition) is 2. The number of hydrogen-bond acceptors (Lipinski definition) is 4. The molecule has 1 aromatic carbocycles. The van der Waals surface area contributed by atoms with Crippen LogP contribution in [0.15, 0.2) is 40.6 Å². The van der Waals surface area contributed by atoms with Crippen molar-refractivity contribution in [2.75, 3.05) is 4.72 Å². The Morgan fingerprint density at radius 3 is 2.52 bits per heavy atom. The summed E-state index contributed by atoms with van der Waals surface area (Å²) in [7, 11) is -3.98. The summed E-state index contributed by atoms with van der Waals surface area (Å²) >= 11 is 1.05. The molecule has 0 spiro atoms. The van der Waals surface area contributed by atoms with Gasteiger partial charge < -0.3 is 5.11 Å². The largest absolute Gasteiger partial charge is 0.416 e. The van der Waals surface area contributed by atoms with E-state index in [2.05, 4.69) is 4.72 Å². The molecule has 0 radical (unpaired) electrons. The minimum absolute atomic E-state index is 0.103. The van der Waals surface area contributed by atoms with Crippen molar-refractivity contribution >= 4 is 27.0 Å². The summed E-state index contributed by atoms with van der Waals surface area (Å²) in [5, 5.41) is 10.2. The molecule has 0 saturated carbocycles. The lowest BCUT2D eigenvalue weighted by atomic mass is 10.2. The number of thiophene rings is 1. The molecule has 21 heavy (non-hydrogen) atoms. The minimum atomic E-state index is -4.55. The standard InChI is InChI=1S/C12H10F3NO3S2/c13-12(14,15)8-2-1-3-9(4-8)16-21(18,19)11-5-10(6-17)20-7-11/h1-5,7,16-17H,6H2. The predicted octanol–water partition coefficient (Wildman–Crippen LogP) is 3.06. The molecular formula is C12H10F3NO3S2. The second-order valence-corrected chi connectivity index (χ2v) is 6.77. The van der Waals surface area contributed by atoms with Gasteiger partial charge in [-0.05, 0) is 24.3 Å². The van der Waals surface area contributed by atoms with E-state index in [1.54, 1.807) is 0 Å². The Hall–Kier alpha value is -1.58. The Balaban J connectivity index is 2.28. The quantitative estimate of drug-likeness (QED) is 0.901. The van der Waals surface area contributed by atoms with E-state index in [0.717, 1.165) is 29.5 Å². The Labute approximate surface area is 122 Å². The highest BCUT2D eigenvalue weighted by Gasteiger charge is 2.30. The van der Waals surface area contributed by atoms with E-state index >= 15 is 0 Å². The summed E-state index contributed by atoms with van der Waals surface area (Å²) in [6.45, 7) is -0.302. The van der Waals surface area contributed by atoms with Gasteiger partial charge in [-0.1, -0.05) is 6.07 Å². The first-order chi connectivity index (χ1) is 9.72. The number of alkyl halides is 3. The first-order valence-electron chi connectivity index (χ1n) is 5.61. The molecule has 0 amide bonds. The molecular weight excluding hydrogens is 327 g/mol. The van der Waals surface area contributed by atoms with Crippen molar-refractivity contribution in [2.24, 2.45) is 0 Å². The number of aliphatic hydroxyl groups excluding tert-OH is 1. The van der Waals surface area contributed by atoms with E-state index < -0.39 is 21.8 Å². The van der Waals surface area contributed by atoms with Crippen LogP contribution in [0.5, 0.6) is 0 Å². The van der Waals surface area contributed by atoms with Gasteiger partial charge in [0.05, 0.1) is 17.1 Å². The molecule has 1 aromatic heterocycles. The number of benzene rings is 1. The van der Waals surface area contributed by atoms with E-state index in [1.807, 2.05) is 0 Å². The Kier molecular flexibility index (Phi) is 4.26. The molecule has 0 aliphatic carbocycles. The van der Waals surface area contributed by atoms with Crippen molar-refractivity contribution in [3.05, 3.63) is 46.2 Å². The highest BCUT2D eigenvalue weighted by molar-refractivity contribution is 7.92. The van der Waals surface area contributed by atoms with E-state index in [0.29, 0.717) is 4.88 Å². The smallest absolute Gasteiger partial charge is 0.391 e. The third-order valence-electron chi connectivity index (χ3n) is 2.54. The fourth-order valence-corrected chi connectivity index (χ4v) is 3.74. The molecule has 2 aromatic rings. The van der Waals surface area contributed by atoms with Gasteiger partial charge in [-0.3, -0.25) is 4.72 Å². The molecule has 0 aliphatic rings. The summed E-state index contributed by atoms with van der Waals surface area (Å²) in [5.74, 6) is 0. The van der Waals surface area contributed by atoms with Crippen molar-refractivity contribution in [1.82, 2.24) is 0 Å². The first kappa shape index (κ1) is 15.8. The van der Waals surface area contributed by atoms with Crippen LogP contribution in [0.4, 0.5) is 18.9 Å². The van der Waals surface area contributed by atoms with E-state index in [1.165, 1.54) is 17.5 Å². The second kappa shape index (κ2) is 5.66. The van der Waals surface area contributed by atoms with Gasteiger partial charge in [0.25, 0.3) is 10.0 Å². The third-order valence-corrected chi connectivity index (χ3v) is 4.97. The predicted molar refractivity (Wildman–Crippen MR) is 72.5 cm³/mol. The van der Waals surface area contributed by atoms with Gasteiger partial charge in [0.15, 0.2) is 0 Å². The van der Waals surface area contributed by atoms with Crippen molar-refractivity contribution in [3.8, 4) is 0 Å². The average Bonchev–Trinajstić information content (AvgIpc) is 2.87. The lowest BCUT2D eigenvalue weighted by Gasteiger charge is -2.10. The number of nitrogens with one attached hydrogen (secondary N) is 1. The van der Waals surface area contributed by atoms with Crippen molar-refractivity contribution in [1.29, 1.82) is 0 Å². The second-order valence-electron chi connectivity index (χ2n) is 4.09. The monoisotopic (exact) mass is 337 g/mol. The van der Waals surface area contributed by atoms with Crippen LogP contribution in [0, 0.1) is 0 Å². The summed E-state index contributed by atoms with van der Waals surface area (Å²) in [5.41, 5.74) is -1.12. The maximum atomic E-state index is 12.6. The molecule has 0 fully saturated rings. The molecule has 2 N–H and O–H groups in total. The molecule has 0 unspecified atom stereocenters. The summed E-state index contributed by atoms with van der Waals surface area (Å²) in [6, 6.07) is 5.18. The zero-order chi connectivity index (χ0) is 15.7. The van der Waals surface area contributed by atoms with Gasteiger partial charge in [0, 0.05) is 15.9 Å². The summed E-state index contributed by atoms with van der Waals surface area (Å²) in [4.78, 5) is 0.341. The van der Waals surface area contributed by atoms with Crippen LogP contribution in [0.25, 0.3) is 0 Å². The number of sulfonamides is 1. The summed E-state index contributed by atoms with van der Waals surface area (Å²) < 4.78 is 63.8. The maximum Gasteiger partial charge on any atom is 0.416 e. The molecule has 9 heteroatoms. The van der Waals surface area contributed by atoms with Crippen LogP contribution in [0.3, 0.4) is 0 Å². The van der Waals surface area contributed by atoms with Gasteiger partial charge in [0.1, 0.15) is 0 Å². The minimum Gasteiger partial charge on any atom is -0.391 e. The molecule has 114 valence electrons. The fraction of sp³-hybridized carbons (Fsp3) is 0.167. The highest BCUT2D eigenvalue weighted by atomic mass is 32.2. The van der Waals surface area contributed by atoms with E-state index in [-0.39, 0.29) is 17.2 Å². The van der Waals surface area contributed by atoms with Crippen molar-refractivity contribution < 1.29 is 26.7 Å². The Morgan fingerprint density at radius 2 is 1.95 bits per heavy atom. The van der Waals surface area contributed by atoms with E-state index in [9.17, 15) is 21.6 Å². The van der Waals surface area contributed by atoms with Crippen molar-refractivity contribution in [2.45, 2.75) is 17.7 Å². The van der Waals surface area contributed by atoms with Crippen molar-refractivity contribution in [3.63, 3.8) is 0 Å². The lowest BCUT2D eigenvalue weighted by molar-refractivity contribution is -0.137. The number of halogens is 3. The third kappa shape index (κ3) is 3.74. The fourth-order valence-electron chi connectivity index (χ4n) is 1.56. The van der Waals surface area contributed by atoms with Crippen LogP contribution < -0.4 is 4.72 Å². The van der Waals surface area contributed by atoms with Crippen LogP contribution in [0.2, 0.25) is 0 Å². The SMILES string of the molecule is O=S(=O)(Nc1cccc(C(F)(F)F)c1)c1csc(CO)c1. The highest BCUT2D eigenvalue weighted by Crippen LogP contribution is 2.31. The topological polar surface area (TPSA) is 66.4 Å². The Bertz CT molecular complexity index is 738. The molecule has 0 bridgehead atoms. The van der Waals surface area contributed by atoms with Crippen LogP contribution in [0.1, 0.15) is 10.4 Å². The van der Waals surface area contributed by atoms with Crippen LogP contribution in [-0.2, 0) is 22.8 Å². The normalized spacial score (nSPS) is 12.4. The number of rotatable bonds is 4. The Morgan fingerprint density at radius 1 is 1.24 bits per heavy atom. The number of anilines is 1. The lowest BCUT2D eigenvalue weighted by Crippen LogP contribution is -2.13. The van der Waals surface area contributed by atoms with E-state index in [4.69, 9.17) is 5.11 Å². The molecule has 4 nitrogen and oxygen atoms in total. The van der Waals surface area contributed by atoms with Crippen LogP contribution in [-0.4, -0.2) is 13.5 Å². The molecule has 0 atom stereocenters. The number of aliphatic hydroxyl groups is 1. The average molecular weight is 337 g/mol. The summed E-state index contributed by atoms with van der Waals surface area (Å²) in [6.07, 6.45) is -4.55. The first-order valence-corrected chi connectivity index (χ1v) is 7.97. The zero-order valence-electron chi connectivity index (χ0n) is 10.4. The maximum absolute atomic E-state index is 12.6. The molecule has 0 aliphatic heterocycles. The van der Waals surface area contributed by atoms with Gasteiger partial charge in [-0.2, -0.15) is 13.2 Å². The van der Waals surface area contributed by atoms with Crippen LogP contribution >= 0.6 is 11.3 Å². The van der Waals surface area contributed by atoms with Gasteiger partial charge in [-0.15, -0.1) is 11.3 Å².